The summed E-state index contributed by atoms with van der Waals surface area (Å²) in [6.07, 6.45) is 1.18. The Balaban J connectivity index is 0.00000338. The minimum atomic E-state index is -0.161. The average Bonchev–Trinajstić information content (AvgIpc) is 2.64. The van der Waals surface area contributed by atoms with Gasteiger partial charge in [-0.1, -0.05) is 30.7 Å². The van der Waals surface area contributed by atoms with Crippen LogP contribution < -0.4 is 10.6 Å². The molecule has 0 aliphatic carbocycles. The fourth-order valence-corrected chi connectivity index (χ4v) is 4.06. The molecule has 1 aromatic carbocycles. The smallest absolute Gasteiger partial charge is 0.252 e. The zero-order valence-corrected chi connectivity index (χ0v) is 19.2. The second-order valence-electron chi connectivity index (χ2n) is 5.82. The van der Waals surface area contributed by atoms with Crippen LogP contribution in [0.5, 0.6) is 0 Å². The maximum absolute atomic E-state index is 12.1. The number of hydrogen-bond donors (Lipinski definition) is 2. The van der Waals surface area contributed by atoms with E-state index in [1.54, 1.807) is 18.2 Å². The van der Waals surface area contributed by atoms with Gasteiger partial charge >= 0.3 is 0 Å². The topological polar surface area (TPSA) is 56.7 Å². The van der Waals surface area contributed by atoms with Crippen LogP contribution in [0.25, 0.3) is 0 Å². The zero-order chi connectivity index (χ0) is 18.1. The molecule has 0 spiro atoms. The van der Waals surface area contributed by atoms with E-state index < -0.39 is 0 Å². The van der Waals surface area contributed by atoms with E-state index in [2.05, 4.69) is 34.4 Å². The number of amides is 1. The van der Waals surface area contributed by atoms with Gasteiger partial charge in [0.25, 0.3) is 5.91 Å². The van der Waals surface area contributed by atoms with Gasteiger partial charge in [-0.2, -0.15) is 11.8 Å². The molecule has 1 aliphatic rings. The second kappa shape index (κ2) is 12.7. The highest BCUT2D eigenvalue weighted by atomic mass is 127. The van der Waals surface area contributed by atoms with Crippen molar-refractivity contribution in [2.75, 3.05) is 38.5 Å². The van der Waals surface area contributed by atoms with Gasteiger partial charge in [-0.25, -0.2) is 0 Å². The first kappa shape index (κ1) is 23.4. The Kier molecular flexibility index (Phi) is 11.4. The van der Waals surface area contributed by atoms with Crippen molar-refractivity contribution in [3.8, 4) is 0 Å². The third kappa shape index (κ3) is 7.15. The highest BCUT2D eigenvalue weighted by Crippen LogP contribution is 2.21. The predicted octanol–water partition coefficient (Wildman–Crippen LogP) is 3.48. The summed E-state index contributed by atoms with van der Waals surface area (Å²) in [5, 5.41) is 7.37. The Morgan fingerprint density at radius 2 is 2.12 bits per heavy atom. The van der Waals surface area contributed by atoms with Crippen molar-refractivity contribution in [3.63, 3.8) is 0 Å². The largest absolute Gasteiger partial charge is 0.357 e. The van der Waals surface area contributed by atoms with E-state index in [1.165, 1.54) is 6.42 Å². The molecule has 8 heteroatoms. The van der Waals surface area contributed by atoms with E-state index in [0.717, 1.165) is 31.3 Å². The van der Waals surface area contributed by atoms with Crippen molar-refractivity contribution in [1.29, 1.82) is 0 Å². The van der Waals surface area contributed by atoms with Gasteiger partial charge in [-0.3, -0.25) is 9.79 Å². The minimum Gasteiger partial charge on any atom is -0.357 e. The van der Waals surface area contributed by atoms with Gasteiger partial charge in [-0.05, 0) is 25.5 Å². The first-order valence-electron chi connectivity index (χ1n) is 8.83. The molecule has 1 unspecified atom stereocenters. The molecule has 5 nitrogen and oxygen atoms in total. The van der Waals surface area contributed by atoms with E-state index in [9.17, 15) is 4.79 Å². The van der Waals surface area contributed by atoms with Crippen LogP contribution in [0.2, 0.25) is 5.02 Å². The van der Waals surface area contributed by atoms with Crippen molar-refractivity contribution >= 4 is 59.2 Å². The maximum Gasteiger partial charge on any atom is 0.252 e. The maximum atomic E-state index is 12.1. The summed E-state index contributed by atoms with van der Waals surface area (Å²) < 4.78 is 0. The lowest BCUT2D eigenvalue weighted by atomic mass is 10.2. The van der Waals surface area contributed by atoms with E-state index in [-0.39, 0.29) is 29.9 Å². The molecule has 1 heterocycles. The van der Waals surface area contributed by atoms with Crippen molar-refractivity contribution in [2.24, 2.45) is 4.99 Å². The van der Waals surface area contributed by atoms with Crippen LogP contribution in [0.15, 0.2) is 29.3 Å². The van der Waals surface area contributed by atoms with Crippen LogP contribution in [0.3, 0.4) is 0 Å². The molecular weight excluding hydrogens is 483 g/mol. The average molecular weight is 511 g/mol. The summed E-state index contributed by atoms with van der Waals surface area (Å²) in [6, 6.07) is 7.06. The Hall–Kier alpha value is -0.670. The molecule has 1 saturated heterocycles. The number of benzene rings is 1. The molecule has 1 aliphatic heterocycles. The van der Waals surface area contributed by atoms with E-state index in [0.29, 0.717) is 28.9 Å². The van der Waals surface area contributed by atoms with Gasteiger partial charge in [0.2, 0.25) is 0 Å². The van der Waals surface area contributed by atoms with Gasteiger partial charge in [0.15, 0.2) is 5.96 Å². The van der Waals surface area contributed by atoms with Crippen molar-refractivity contribution in [3.05, 3.63) is 34.9 Å². The van der Waals surface area contributed by atoms with Gasteiger partial charge < -0.3 is 15.5 Å². The summed E-state index contributed by atoms with van der Waals surface area (Å²) in [5.41, 5.74) is 0.499. The molecule has 1 amide bonds. The Labute approximate surface area is 182 Å². The molecule has 146 valence electrons. The summed E-state index contributed by atoms with van der Waals surface area (Å²) in [7, 11) is 0. The number of nitrogens with one attached hydrogen (secondary N) is 2. The number of aliphatic imine (C=N–C) groups is 1. The van der Waals surface area contributed by atoms with Crippen molar-refractivity contribution < 1.29 is 4.79 Å². The fraction of sp³-hybridized carbons (Fsp3) is 0.556. The number of rotatable bonds is 6. The lowest BCUT2D eigenvalue weighted by Crippen LogP contribution is -2.48. The third-order valence-electron chi connectivity index (χ3n) is 4.01. The first-order chi connectivity index (χ1) is 12.2. The molecule has 26 heavy (non-hydrogen) atoms. The normalized spacial score (nSPS) is 17.4. The third-order valence-corrected chi connectivity index (χ3v) is 5.71. The van der Waals surface area contributed by atoms with Gasteiger partial charge in [-0.15, -0.1) is 24.0 Å². The highest BCUT2D eigenvalue weighted by molar-refractivity contribution is 14.0. The van der Waals surface area contributed by atoms with Crippen molar-refractivity contribution in [2.45, 2.75) is 25.5 Å². The summed E-state index contributed by atoms with van der Waals surface area (Å²) in [6.45, 7) is 8.21. The van der Waals surface area contributed by atoms with Crippen LogP contribution in [0.4, 0.5) is 0 Å². The number of nitrogens with zero attached hydrogens (tertiary/aromatic N) is 2. The summed E-state index contributed by atoms with van der Waals surface area (Å²) in [4.78, 5) is 19.1. The molecule has 0 bridgehead atoms. The lowest BCUT2D eigenvalue weighted by Gasteiger charge is -2.34. The molecule has 2 N–H and O–H groups in total. The van der Waals surface area contributed by atoms with Crippen LogP contribution in [0.1, 0.15) is 30.6 Å². The van der Waals surface area contributed by atoms with Crippen molar-refractivity contribution in [1.82, 2.24) is 15.5 Å². The van der Waals surface area contributed by atoms with E-state index >= 15 is 0 Å². The van der Waals surface area contributed by atoms with Crippen LogP contribution in [-0.2, 0) is 0 Å². The molecular formula is C18H28ClIN4OS. The number of carbonyl (C=O) groups excluding carboxylic acids is 1. The summed E-state index contributed by atoms with van der Waals surface area (Å²) in [5.74, 6) is 1.91. The Bertz CT molecular complexity index is 602. The quantitative estimate of drug-likeness (QED) is 0.266. The second-order valence-corrected chi connectivity index (χ2v) is 7.63. The zero-order valence-electron chi connectivity index (χ0n) is 15.3. The highest BCUT2D eigenvalue weighted by Gasteiger charge is 2.21. The molecule has 0 radical (unpaired) electrons. The number of thioether (sulfide) groups is 1. The van der Waals surface area contributed by atoms with Crippen LogP contribution >= 0.6 is 47.3 Å². The Morgan fingerprint density at radius 3 is 2.81 bits per heavy atom. The standard InChI is InChI=1S/C18H27ClN4OS.HI/c1-3-14-13-23(11-12-25-14)18(20-4-2)22-10-9-21-17(24)15-7-5-6-8-16(15)19;/h5-8,14H,3-4,9-13H2,1-2H3,(H,20,22)(H,21,24);1H. The number of hydrogen-bond acceptors (Lipinski definition) is 3. The Morgan fingerprint density at radius 1 is 1.35 bits per heavy atom. The molecule has 1 aromatic rings. The molecule has 1 fully saturated rings. The van der Waals surface area contributed by atoms with E-state index in [1.807, 2.05) is 17.8 Å². The molecule has 2 rings (SSSR count). The lowest BCUT2D eigenvalue weighted by molar-refractivity contribution is 0.0955. The minimum absolute atomic E-state index is 0. The SMILES string of the molecule is CCNC(=NCCNC(=O)c1ccccc1Cl)N1CCSC(CC)C1.I. The van der Waals surface area contributed by atoms with Gasteiger partial charge in [0.1, 0.15) is 0 Å². The van der Waals surface area contributed by atoms with Gasteiger partial charge in [0, 0.05) is 37.2 Å². The predicted molar refractivity (Wildman–Crippen MR) is 123 cm³/mol. The number of carbonyl (C=O) groups is 1. The molecule has 0 saturated carbocycles. The van der Waals surface area contributed by atoms with Crippen LogP contribution in [-0.4, -0.2) is 60.5 Å². The monoisotopic (exact) mass is 510 g/mol. The molecule has 1 atom stereocenters. The van der Waals surface area contributed by atoms with E-state index in [4.69, 9.17) is 11.6 Å². The number of halogens is 2. The number of guanidine groups is 1. The van der Waals surface area contributed by atoms with Crippen LogP contribution in [0, 0.1) is 0 Å². The fourth-order valence-electron chi connectivity index (χ4n) is 2.66. The molecule has 0 aromatic heterocycles. The summed E-state index contributed by atoms with van der Waals surface area (Å²) >= 11 is 8.09. The van der Waals surface area contributed by atoms with Gasteiger partial charge in [0.05, 0.1) is 17.1 Å². The first-order valence-corrected chi connectivity index (χ1v) is 10.3.